The predicted molar refractivity (Wildman–Crippen MR) is 55.3 cm³/mol. The number of carbonyl (C=O) groups is 2. The van der Waals surface area contributed by atoms with Gasteiger partial charge in [0.1, 0.15) is 6.04 Å². The smallest absolute Gasteiger partial charge is 0.348 e. The number of nitrogens with one attached hydrogen (secondary N) is 1. The van der Waals surface area contributed by atoms with Gasteiger partial charge in [0.15, 0.2) is 0 Å². The van der Waals surface area contributed by atoms with Gasteiger partial charge in [0, 0.05) is 23.5 Å². The van der Waals surface area contributed by atoms with Crippen molar-refractivity contribution in [3.63, 3.8) is 0 Å². The number of carbonyl (C=O) groups excluding carboxylic acids is 2. The van der Waals surface area contributed by atoms with E-state index in [0.717, 1.165) is 0 Å². The van der Waals surface area contributed by atoms with E-state index in [9.17, 15) is 14.5 Å². The average Bonchev–Trinajstić information content (AvgIpc) is 2.12. The fourth-order valence-corrected chi connectivity index (χ4v) is 1.39. The molecule has 15 heavy (non-hydrogen) atoms. The first-order valence-corrected chi connectivity index (χ1v) is 4.81. The van der Waals surface area contributed by atoms with Gasteiger partial charge in [-0.15, -0.1) is 4.91 Å². The van der Waals surface area contributed by atoms with Crippen molar-refractivity contribution in [1.82, 2.24) is 5.32 Å². The van der Waals surface area contributed by atoms with Gasteiger partial charge in [-0.3, -0.25) is 4.79 Å². The molecule has 7 nitrogen and oxygen atoms in total. The summed E-state index contributed by atoms with van der Waals surface area (Å²) in [5.74, 6) is 3.47. The van der Waals surface area contributed by atoms with E-state index in [1.807, 2.05) is 0 Å². The highest BCUT2D eigenvalue weighted by Crippen LogP contribution is 2.29. The summed E-state index contributed by atoms with van der Waals surface area (Å²) in [5.41, 5.74) is 0. The molecule has 0 aliphatic heterocycles. The van der Waals surface area contributed by atoms with E-state index in [-0.39, 0.29) is 0 Å². The summed E-state index contributed by atoms with van der Waals surface area (Å²) >= 11 is 0.626. The second kappa shape index (κ2) is 5.66. The summed E-state index contributed by atoms with van der Waals surface area (Å²) in [4.78, 5) is 36.3. The Balaban J connectivity index is 4.82. The minimum absolute atomic E-state index is 0.426. The molecule has 0 aromatic rings. The van der Waals surface area contributed by atoms with Crippen molar-refractivity contribution in [2.75, 3.05) is 0 Å². The van der Waals surface area contributed by atoms with Gasteiger partial charge in [0.05, 0.1) is 4.75 Å². The van der Waals surface area contributed by atoms with E-state index in [0.29, 0.717) is 11.9 Å². The summed E-state index contributed by atoms with van der Waals surface area (Å²) in [6.07, 6.45) is 0. The zero-order chi connectivity index (χ0) is 12.1. The predicted octanol–water partition coefficient (Wildman–Crippen LogP) is 0.101. The van der Waals surface area contributed by atoms with Gasteiger partial charge in [0.25, 0.3) is 0 Å². The molecule has 0 fully saturated rings. The Hall–Kier alpha value is -1.15. The average molecular weight is 235 g/mol. The summed E-state index contributed by atoms with van der Waals surface area (Å²) in [7, 11) is 0. The van der Waals surface area contributed by atoms with Crippen molar-refractivity contribution in [1.29, 1.82) is 0 Å². The Morgan fingerprint density at radius 2 is 2.07 bits per heavy atom. The first-order valence-electron chi connectivity index (χ1n) is 4.03. The third kappa shape index (κ3) is 4.26. The Morgan fingerprint density at radius 1 is 1.53 bits per heavy atom. The second-order valence-corrected chi connectivity index (χ2v) is 4.72. The molecule has 1 amide bonds. The van der Waals surface area contributed by atoms with Crippen molar-refractivity contribution in [3.05, 3.63) is 4.91 Å². The van der Waals surface area contributed by atoms with Gasteiger partial charge in [0.2, 0.25) is 5.91 Å². The van der Waals surface area contributed by atoms with Gasteiger partial charge in [-0.1, -0.05) is 0 Å². The highest BCUT2D eigenvalue weighted by Gasteiger charge is 2.38. The minimum Gasteiger partial charge on any atom is -0.372 e. The molecule has 0 rings (SSSR count). The molecule has 0 saturated carbocycles. The van der Waals surface area contributed by atoms with Crippen LogP contribution in [-0.4, -0.2) is 22.7 Å². The molecule has 8 heteroatoms. The third-order valence-corrected chi connectivity index (χ3v) is 2.45. The molecule has 0 aliphatic rings. The van der Waals surface area contributed by atoms with E-state index in [2.05, 4.69) is 14.7 Å². The lowest BCUT2D eigenvalue weighted by Gasteiger charge is -2.28. The van der Waals surface area contributed by atoms with Crippen molar-refractivity contribution in [2.45, 2.75) is 31.6 Å². The van der Waals surface area contributed by atoms with E-state index < -0.39 is 22.7 Å². The molecular formula is C7H13N3O4S. The van der Waals surface area contributed by atoms with Crippen LogP contribution in [0.4, 0.5) is 0 Å². The molecule has 0 saturated heterocycles. The van der Waals surface area contributed by atoms with Crippen LogP contribution >= 0.6 is 11.9 Å². The quantitative estimate of drug-likeness (QED) is 0.397. The zero-order valence-corrected chi connectivity index (χ0v) is 9.46. The van der Waals surface area contributed by atoms with E-state index in [4.69, 9.17) is 5.90 Å². The lowest BCUT2D eigenvalue weighted by molar-refractivity contribution is -0.149. The monoisotopic (exact) mass is 235 g/mol. The highest BCUT2D eigenvalue weighted by atomic mass is 32.2. The number of hydrogen-bond donors (Lipinski definition) is 2. The van der Waals surface area contributed by atoms with Crippen LogP contribution in [0.25, 0.3) is 0 Å². The van der Waals surface area contributed by atoms with Crippen LogP contribution in [0.5, 0.6) is 0 Å². The topological polar surface area (TPSA) is 111 Å². The van der Waals surface area contributed by atoms with Crippen LogP contribution < -0.4 is 11.2 Å². The van der Waals surface area contributed by atoms with E-state index in [1.165, 1.54) is 6.92 Å². The van der Waals surface area contributed by atoms with Gasteiger partial charge in [-0.25, -0.2) is 4.79 Å². The van der Waals surface area contributed by atoms with Gasteiger partial charge in [-0.2, -0.15) is 5.90 Å². The zero-order valence-electron chi connectivity index (χ0n) is 8.64. The molecule has 0 heterocycles. The summed E-state index contributed by atoms with van der Waals surface area (Å²) in [6, 6.07) is -1.03. The van der Waals surface area contributed by atoms with Gasteiger partial charge >= 0.3 is 5.97 Å². The number of nitrogens with zero attached hydrogens (tertiary/aromatic N) is 1. The first kappa shape index (κ1) is 13.8. The number of nitroso groups, excluding NO2 is 1. The fourth-order valence-electron chi connectivity index (χ4n) is 0.937. The summed E-state index contributed by atoms with van der Waals surface area (Å²) < 4.78 is 1.69. The summed E-state index contributed by atoms with van der Waals surface area (Å²) in [5, 5.41) is 2.34. The van der Waals surface area contributed by atoms with Crippen LogP contribution in [0.3, 0.4) is 0 Å². The fraction of sp³-hybridized carbons (Fsp3) is 0.714. The highest BCUT2D eigenvalue weighted by molar-refractivity contribution is 7.99. The minimum atomic E-state index is -1.03. The number of nitrogens with two attached hydrogens (primary N) is 1. The molecule has 0 aliphatic carbocycles. The van der Waals surface area contributed by atoms with Crippen LogP contribution in [-0.2, 0) is 14.4 Å². The maximum atomic E-state index is 11.2. The Morgan fingerprint density at radius 3 is 2.40 bits per heavy atom. The number of hydrogen-bond acceptors (Lipinski definition) is 7. The molecular weight excluding hydrogens is 222 g/mol. The van der Waals surface area contributed by atoms with Gasteiger partial charge < -0.3 is 10.2 Å². The second-order valence-electron chi connectivity index (χ2n) is 3.34. The van der Waals surface area contributed by atoms with E-state index in [1.54, 1.807) is 13.8 Å². The molecule has 0 unspecified atom stereocenters. The molecule has 0 aromatic heterocycles. The first-order chi connectivity index (χ1) is 6.85. The lowest BCUT2D eigenvalue weighted by Crippen LogP contribution is -2.53. The molecule has 0 spiro atoms. The van der Waals surface area contributed by atoms with Crippen molar-refractivity contribution < 1.29 is 14.4 Å². The maximum Gasteiger partial charge on any atom is 0.348 e. The van der Waals surface area contributed by atoms with Gasteiger partial charge in [-0.05, 0) is 13.8 Å². The Labute approximate surface area is 91.2 Å². The SMILES string of the molecule is CC(=O)N[C@H](C(=O)ON)C(C)(C)SN=O. The molecule has 0 radical (unpaired) electrons. The number of amides is 1. The van der Waals surface area contributed by atoms with Crippen molar-refractivity contribution in [2.24, 2.45) is 10.5 Å². The molecule has 1 atom stereocenters. The molecule has 3 N–H and O–H groups in total. The summed E-state index contributed by atoms with van der Waals surface area (Å²) in [6.45, 7) is 4.37. The number of rotatable bonds is 5. The third-order valence-electron chi connectivity index (χ3n) is 1.67. The van der Waals surface area contributed by atoms with Crippen LogP contribution in [0.2, 0.25) is 0 Å². The normalized spacial score (nSPS) is 12.8. The Kier molecular flexibility index (Phi) is 5.23. The van der Waals surface area contributed by atoms with Crippen molar-refractivity contribution >= 4 is 23.8 Å². The van der Waals surface area contributed by atoms with Crippen LogP contribution in [0.15, 0.2) is 4.58 Å². The Bertz CT molecular complexity index is 269. The lowest BCUT2D eigenvalue weighted by atomic mass is 10.0. The molecule has 0 aromatic carbocycles. The van der Waals surface area contributed by atoms with E-state index >= 15 is 0 Å². The maximum absolute atomic E-state index is 11.2. The van der Waals surface area contributed by atoms with Crippen LogP contribution in [0, 0.1) is 4.91 Å². The standard InChI is InChI=1S/C7H13N3O4S/c1-4(11)9-5(6(12)14-8)7(2,3)15-10-13/h5H,8H2,1-3H3,(H,9,11)/t5-/m1/s1. The molecule has 86 valence electrons. The molecule has 0 bridgehead atoms. The largest absolute Gasteiger partial charge is 0.372 e. The van der Waals surface area contributed by atoms with Crippen molar-refractivity contribution in [3.8, 4) is 0 Å². The van der Waals surface area contributed by atoms with Crippen LogP contribution in [0.1, 0.15) is 20.8 Å².